The number of imide groups is 1. The maximum absolute atomic E-state index is 11.9. The lowest BCUT2D eigenvalue weighted by atomic mass is 10.0. The Kier molecular flexibility index (Phi) is 3.79. The van der Waals surface area contributed by atoms with Crippen molar-refractivity contribution in [1.29, 1.82) is 0 Å². The molecule has 0 saturated heterocycles. The zero-order valence-electron chi connectivity index (χ0n) is 10.4. The van der Waals surface area contributed by atoms with E-state index in [2.05, 4.69) is 0 Å². The molecule has 1 saturated carbocycles. The first-order valence-corrected chi connectivity index (χ1v) is 6.37. The minimum absolute atomic E-state index is 0.285. The van der Waals surface area contributed by atoms with E-state index in [9.17, 15) is 14.4 Å². The fraction of sp³-hybridized carbons (Fsp3) is 0.615. The van der Waals surface area contributed by atoms with E-state index in [4.69, 9.17) is 4.74 Å². The Labute approximate surface area is 106 Å². The molecule has 1 fully saturated rings. The van der Waals surface area contributed by atoms with Crippen LogP contribution in [0.15, 0.2) is 12.2 Å². The molecular weight excluding hydrogens is 234 g/mol. The maximum atomic E-state index is 11.9. The third-order valence-corrected chi connectivity index (χ3v) is 3.41. The van der Waals surface area contributed by atoms with E-state index in [0.717, 1.165) is 12.8 Å². The highest BCUT2D eigenvalue weighted by atomic mass is 16.5. The van der Waals surface area contributed by atoms with Crippen LogP contribution in [0.1, 0.15) is 32.6 Å². The highest BCUT2D eigenvalue weighted by molar-refractivity contribution is 6.13. The van der Waals surface area contributed by atoms with Crippen molar-refractivity contribution < 1.29 is 19.1 Å². The summed E-state index contributed by atoms with van der Waals surface area (Å²) in [5.74, 6) is -1.28. The van der Waals surface area contributed by atoms with Gasteiger partial charge in [-0.3, -0.25) is 19.3 Å². The molecule has 1 aliphatic heterocycles. The lowest BCUT2D eigenvalue weighted by Gasteiger charge is -2.26. The van der Waals surface area contributed by atoms with Crippen LogP contribution < -0.4 is 0 Å². The number of amides is 2. The summed E-state index contributed by atoms with van der Waals surface area (Å²) in [6, 6.07) is -0.329. The fourth-order valence-corrected chi connectivity index (χ4v) is 2.57. The predicted molar refractivity (Wildman–Crippen MR) is 63.4 cm³/mol. The molecule has 2 rings (SSSR count). The van der Waals surface area contributed by atoms with Crippen molar-refractivity contribution in [3.05, 3.63) is 12.2 Å². The van der Waals surface area contributed by atoms with Crippen molar-refractivity contribution in [2.75, 3.05) is 6.61 Å². The van der Waals surface area contributed by atoms with Crippen LogP contribution >= 0.6 is 0 Å². The third-order valence-electron chi connectivity index (χ3n) is 3.41. The summed E-state index contributed by atoms with van der Waals surface area (Å²) in [5.41, 5.74) is 0. The highest BCUT2D eigenvalue weighted by Crippen LogP contribution is 2.32. The van der Waals surface area contributed by atoms with Gasteiger partial charge in [0.2, 0.25) is 0 Å². The number of carbonyl (C=O) groups is 3. The van der Waals surface area contributed by atoms with Crippen LogP contribution in [0.5, 0.6) is 0 Å². The number of hydrogen-bond acceptors (Lipinski definition) is 4. The average molecular weight is 251 g/mol. The van der Waals surface area contributed by atoms with Crippen molar-refractivity contribution in [1.82, 2.24) is 4.90 Å². The van der Waals surface area contributed by atoms with Gasteiger partial charge in [-0.2, -0.15) is 0 Å². The molecule has 0 radical (unpaired) electrons. The summed E-state index contributed by atoms with van der Waals surface area (Å²) in [6.07, 6.45) is 5.50. The maximum Gasteiger partial charge on any atom is 0.311 e. The lowest BCUT2D eigenvalue weighted by molar-refractivity contribution is -0.152. The Morgan fingerprint density at radius 2 is 2.00 bits per heavy atom. The van der Waals surface area contributed by atoms with Crippen molar-refractivity contribution >= 4 is 17.8 Å². The van der Waals surface area contributed by atoms with E-state index in [1.165, 1.54) is 17.1 Å². The molecule has 5 nitrogen and oxygen atoms in total. The molecule has 0 N–H and O–H groups in total. The topological polar surface area (TPSA) is 63.7 Å². The Morgan fingerprint density at radius 1 is 1.33 bits per heavy atom. The second-order valence-electron chi connectivity index (χ2n) is 4.65. The Hall–Kier alpha value is -1.65. The van der Waals surface area contributed by atoms with Crippen molar-refractivity contribution in [3.63, 3.8) is 0 Å². The Bertz CT molecular complexity index is 384. The van der Waals surface area contributed by atoms with Gasteiger partial charge >= 0.3 is 5.97 Å². The first-order valence-electron chi connectivity index (χ1n) is 6.37. The van der Waals surface area contributed by atoms with Gasteiger partial charge in [-0.25, -0.2) is 0 Å². The van der Waals surface area contributed by atoms with Crippen LogP contribution in [0, 0.1) is 5.92 Å². The highest BCUT2D eigenvalue weighted by Gasteiger charge is 2.42. The van der Waals surface area contributed by atoms with Crippen molar-refractivity contribution in [2.45, 2.75) is 38.6 Å². The van der Waals surface area contributed by atoms with Gasteiger partial charge in [-0.1, -0.05) is 13.3 Å². The quantitative estimate of drug-likeness (QED) is 0.553. The summed E-state index contributed by atoms with van der Waals surface area (Å²) in [5, 5.41) is 0. The SMILES string of the molecule is CCCOC(=O)C1CCCC1N1C(=O)C=CC1=O. The molecule has 1 heterocycles. The zero-order chi connectivity index (χ0) is 13.1. The number of hydrogen-bond donors (Lipinski definition) is 0. The molecule has 1 aliphatic carbocycles. The van der Waals surface area contributed by atoms with Gasteiger partial charge in [0.15, 0.2) is 0 Å². The largest absolute Gasteiger partial charge is 0.465 e. The molecule has 0 bridgehead atoms. The van der Waals surface area contributed by atoms with Crippen LogP contribution in [0.4, 0.5) is 0 Å². The molecular formula is C13H17NO4. The molecule has 0 aromatic rings. The first kappa shape index (κ1) is 12.8. The van der Waals surface area contributed by atoms with Gasteiger partial charge in [0.1, 0.15) is 0 Å². The van der Waals surface area contributed by atoms with E-state index in [1.54, 1.807) is 0 Å². The van der Waals surface area contributed by atoms with Crippen molar-refractivity contribution in [3.8, 4) is 0 Å². The second kappa shape index (κ2) is 5.33. The zero-order valence-corrected chi connectivity index (χ0v) is 10.4. The van der Waals surface area contributed by atoms with E-state index >= 15 is 0 Å². The smallest absolute Gasteiger partial charge is 0.311 e. The molecule has 2 aliphatic rings. The summed E-state index contributed by atoms with van der Waals surface area (Å²) in [7, 11) is 0. The Balaban J connectivity index is 2.06. The summed E-state index contributed by atoms with van der Waals surface area (Å²) < 4.78 is 5.13. The summed E-state index contributed by atoms with van der Waals surface area (Å²) in [4.78, 5) is 36.3. The van der Waals surface area contributed by atoms with Crippen LogP contribution in [0.25, 0.3) is 0 Å². The second-order valence-corrected chi connectivity index (χ2v) is 4.65. The monoisotopic (exact) mass is 251 g/mol. The van der Waals surface area contributed by atoms with E-state index in [0.29, 0.717) is 19.4 Å². The minimum atomic E-state index is -0.357. The van der Waals surface area contributed by atoms with Gasteiger partial charge in [0.05, 0.1) is 18.6 Å². The predicted octanol–water partition coefficient (Wildman–Crippen LogP) is 1.03. The lowest BCUT2D eigenvalue weighted by Crippen LogP contribution is -2.44. The molecule has 5 heteroatoms. The third kappa shape index (κ3) is 2.30. The molecule has 0 spiro atoms. The number of esters is 1. The number of ether oxygens (including phenoxy) is 1. The molecule has 18 heavy (non-hydrogen) atoms. The fourth-order valence-electron chi connectivity index (χ4n) is 2.57. The van der Waals surface area contributed by atoms with E-state index in [-0.39, 0.29) is 29.7 Å². The molecule has 98 valence electrons. The van der Waals surface area contributed by atoms with E-state index in [1.807, 2.05) is 6.92 Å². The molecule has 0 aromatic carbocycles. The summed E-state index contributed by atoms with van der Waals surface area (Å²) in [6.45, 7) is 2.32. The number of nitrogens with zero attached hydrogens (tertiary/aromatic N) is 1. The van der Waals surface area contributed by atoms with Crippen LogP contribution in [-0.4, -0.2) is 35.3 Å². The van der Waals surface area contributed by atoms with Gasteiger partial charge in [-0.05, 0) is 19.3 Å². The standard InChI is InChI=1S/C13H17NO4/c1-2-8-18-13(17)9-4-3-5-10(9)14-11(15)6-7-12(14)16/h6-7,9-10H,2-5,8H2,1H3. The number of carbonyl (C=O) groups excluding carboxylic acids is 3. The minimum Gasteiger partial charge on any atom is -0.465 e. The van der Waals surface area contributed by atoms with Crippen molar-refractivity contribution in [2.24, 2.45) is 5.92 Å². The van der Waals surface area contributed by atoms with Crippen LogP contribution in [0.2, 0.25) is 0 Å². The van der Waals surface area contributed by atoms with Gasteiger partial charge in [-0.15, -0.1) is 0 Å². The van der Waals surface area contributed by atoms with Gasteiger partial charge < -0.3 is 4.74 Å². The van der Waals surface area contributed by atoms with Crippen LogP contribution in [0.3, 0.4) is 0 Å². The molecule has 2 unspecified atom stereocenters. The van der Waals surface area contributed by atoms with E-state index < -0.39 is 0 Å². The number of rotatable bonds is 4. The van der Waals surface area contributed by atoms with Gasteiger partial charge in [0.25, 0.3) is 11.8 Å². The molecule has 0 aromatic heterocycles. The van der Waals surface area contributed by atoms with Crippen LogP contribution in [-0.2, 0) is 19.1 Å². The Morgan fingerprint density at radius 3 is 2.61 bits per heavy atom. The summed E-state index contributed by atoms with van der Waals surface area (Å²) >= 11 is 0. The van der Waals surface area contributed by atoms with Gasteiger partial charge in [0, 0.05) is 12.2 Å². The average Bonchev–Trinajstić information content (AvgIpc) is 2.93. The normalized spacial score (nSPS) is 27.1. The first-order chi connectivity index (χ1) is 8.65. The molecule has 2 amide bonds. The molecule has 2 atom stereocenters.